The number of anilines is 2. The summed E-state index contributed by atoms with van der Waals surface area (Å²) < 4.78 is 0. The van der Waals surface area contributed by atoms with Crippen LogP contribution in [0.25, 0.3) is 11.1 Å². The van der Waals surface area contributed by atoms with Gasteiger partial charge < -0.3 is 10.6 Å². The van der Waals surface area contributed by atoms with Gasteiger partial charge in [0, 0.05) is 22.2 Å². The quantitative estimate of drug-likeness (QED) is 0.163. The van der Waals surface area contributed by atoms with Gasteiger partial charge in [-0.2, -0.15) is 0 Å². The number of nitrogens with one attached hydrogen (secondary N) is 2. The average molecular weight is 653 g/mol. The number of amides is 2. The highest BCUT2D eigenvalue weighted by Crippen LogP contribution is 2.60. The molecule has 246 valence electrons. The molecular formula is C46H40N2O2. The third kappa shape index (κ3) is 5.51. The lowest BCUT2D eigenvalue weighted by Crippen LogP contribution is -2.22. The van der Waals surface area contributed by atoms with Crippen LogP contribution in [0.4, 0.5) is 11.4 Å². The molecule has 0 aliphatic heterocycles. The summed E-state index contributed by atoms with van der Waals surface area (Å²) in [5.74, 6) is -0.191. The van der Waals surface area contributed by atoms with Gasteiger partial charge in [-0.15, -0.1) is 0 Å². The first-order valence-corrected chi connectivity index (χ1v) is 17.5. The van der Waals surface area contributed by atoms with Gasteiger partial charge in [0.2, 0.25) is 11.8 Å². The highest BCUT2D eigenvalue weighted by atomic mass is 16.2. The van der Waals surface area contributed by atoms with Crippen molar-refractivity contribution < 1.29 is 9.59 Å². The molecule has 0 radical (unpaired) electrons. The number of carbonyl (C=O) groups is 2. The molecule has 0 heterocycles. The summed E-state index contributed by atoms with van der Waals surface area (Å²) in [6.07, 6.45) is 1.57. The molecule has 50 heavy (non-hydrogen) atoms. The van der Waals surface area contributed by atoms with E-state index in [0.717, 1.165) is 46.5 Å². The van der Waals surface area contributed by atoms with Gasteiger partial charge in [0.25, 0.3) is 0 Å². The third-order valence-corrected chi connectivity index (χ3v) is 11.0. The van der Waals surface area contributed by atoms with Crippen LogP contribution in [0.3, 0.4) is 0 Å². The van der Waals surface area contributed by atoms with Gasteiger partial charge >= 0.3 is 0 Å². The Labute approximate surface area is 294 Å². The smallest absolute Gasteiger partial charge is 0.228 e. The van der Waals surface area contributed by atoms with Gasteiger partial charge in [-0.25, -0.2) is 0 Å². The van der Waals surface area contributed by atoms with Crippen LogP contribution in [0.5, 0.6) is 0 Å². The zero-order valence-corrected chi connectivity index (χ0v) is 28.4. The van der Waals surface area contributed by atoms with Gasteiger partial charge in [-0.3, -0.25) is 9.59 Å². The molecule has 0 bridgehead atoms. The highest BCUT2D eigenvalue weighted by molar-refractivity contribution is 5.99. The average Bonchev–Trinajstić information content (AvgIpc) is 4.09. The van der Waals surface area contributed by atoms with Crippen LogP contribution in [0.1, 0.15) is 46.2 Å². The Kier molecular flexibility index (Phi) is 7.95. The van der Waals surface area contributed by atoms with Crippen molar-refractivity contribution in [1.82, 2.24) is 0 Å². The molecule has 2 saturated carbocycles. The maximum absolute atomic E-state index is 13.7. The van der Waals surface area contributed by atoms with Crippen molar-refractivity contribution in [2.75, 3.05) is 10.6 Å². The van der Waals surface area contributed by atoms with Crippen molar-refractivity contribution in [3.8, 4) is 11.1 Å². The summed E-state index contributed by atoms with van der Waals surface area (Å²) in [6, 6.07) is 53.9. The van der Waals surface area contributed by atoms with Crippen LogP contribution in [-0.2, 0) is 20.4 Å². The fraction of sp³-hybridized carbons (Fsp3) is 0.174. The van der Waals surface area contributed by atoms with Crippen molar-refractivity contribution in [3.63, 3.8) is 0 Å². The summed E-state index contributed by atoms with van der Waals surface area (Å²) in [6.45, 7) is 4.08. The Bertz CT molecular complexity index is 1940. The lowest BCUT2D eigenvalue weighted by Gasteiger charge is -2.19. The van der Waals surface area contributed by atoms with Gasteiger partial charge in [0.15, 0.2) is 0 Å². The number of benzene rings is 6. The Morgan fingerprint density at radius 3 is 1.04 bits per heavy atom. The van der Waals surface area contributed by atoms with E-state index in [1.807, 2.05) is 98.8 Å². The molecule has 2 amide bonds. The maximum Gasteiger partial charge on any atom is 0.228 e. The fourth-order valence-electron chi connectivity index (χ4n) is 8.12. The predicted octanol–water partition coefficient (Wildman–Crippen LogP) is 9.86. The second-order valence-corrected chi connectivity index (χ2v) is 14.0. The molecule has 4 nitrogen and oxygen atoms in total. The number of aryl methyl sites for hydroxylation is 2. The maximum atomic E-state index is 13.7. The molecule has 8 rings (SSSR count). The molecule has 0 unspecified atom stereocenters. The van der Waals surface area contributed by atoms with Crippen molar-refractivity contribution in [3.05, 3.63) is 191 Å². The molecule has 4 heteroatoms. The van der Waals surface area contributed by atoms with Crippen molar-refractivity contribution in [2.24, 2.45) is 11.8 Å². The number of hydrogen-bond donors (Lipinski definition) is 2. The number of hydrogen-bond acceptors (Lipinski definition) is 2. The largest absolute Gasteiger partial charge is 0.326 e. The van der Waals surface area contributed by atoms with Crippen LogP contribution in [-0.4, -0.2) is 11.8 Å². The first-order chi connectivity index (χ1) is 24.4. The van der Waals surface area contributed by atoms with E-state index in [-0.39, 0.29) is 34.5 Å². The zero-order valence-electron chi connectivity index (χ0n) is 28.4. The van der Waals surface area contributed by atoms with Crippen molar-refractivity contribution in [1.29, 1.82) is 0 Å². The number of carbonyl (C=O) groups excluding carboxylic acids is 2. The molecule has 2 N–H and O–H groups in total. The minimum atomic E-state index is -0.306. The summed E-state index contributed by atoms with van der Waals surface area (Å²) in [5, 5.41) is 6.49. The third-order valence-electron chi connectivity index (χ3n) is 11.0. The first-order valence-electron chi connectivity index (χ1n) is 17.5. The van der Waals surface area contributed by atoms with E-state index in [1.54, 1.807) is 0 Å². The van der Waals surface area contributed by atoms with Gasteiger partial charge in [-0.1, -0.05) is 133 Å². The second-order valence-electron chi connectivity index (χ2n) is 14.0. The molecule has 0 aromatic heterocycles. The molecule has 0 spiro atoms. The van der Waals surface area contributed by atoms with Gasteiger partial charge in [-0.05, 0) is 95.5 Å². The SMILES string of the molecule is Cc1cc(-c2ccc(NC(=O)[C@@H]3CC3(c3ccccc3)c3ccccc3)c(C)c2)ccc1NC(=O)[C@@H]1CC1(c1ccccc1)c1ccccc1. The first kappa shape index (κ1) is 31.5. The van der Waals surface area contributed by atoms with Crippen LogP contribution in [0, 0.1) is 25.7 Å². The summed E-state index contributed by atoms with van der Waals surface area (Å²) in [7, 11) is 0. The van der Waals surface area contributed by atoms with E-state index in [9.17, 15) is 9.59 Å². The van der Waals surface area contributed by atoms with Gasteiger partial charge in [0.05, 0.1) is 11.8 Å². The summed E-state index contributed by atoms with van der Waals surface area (Å²) in [4.78, 5) is 27.4. The molecule has 6 aromatic rings. The van der Waals surface area contributed by atoms with Crippen molar-refractivity contribution >= 4 is 23.2 Å². The molecule has 2 aliphatic carbocycles. The second kappa shape index (κ2) is 12.6. The summed E-state index contributed by atoms with van der Waals surface area (Å²) >= 11 is 0. The molecule has 0 saturated heterocycles. The molecule has 2 atom stereocenters. The van der Waals surface area contributed by atoms with E-state index in [2.05, 4.69) is 83.4 Å². The minimum Gasteiger partial charge on any atom is -0.326 e. The van der Waals surface area contributed by atoms with E-state index >= 15 is 0 Å². The minimum absolute atomic E-state index is 0.0451. The standard InChI is InChI=1S/C46H40N2O2/c1-31-27-33(23-25-41(31)47-43(49)39-29-45(39,35-15-7-3-8-16-35)36-17-9-4-10-18-36)34-24-26-42(32(2)28-34)48-44(50)40-30-46(40,37-19-11-5-12-20-37)38-21-13-6-14-22-38/h3-28,39-40H,29-30H2,1-2H3,(H,47,49)(H,48,50)/t39-,40-/m0/s1. The molecule has 2 fully saturated rings. The van der Waals surface area contributed by atoms with E-state index in [4.69, 9.17) is 0 Å². The lowest BCUT2D eigenvalue weighted by molar-refractivity contribution is -0.118. The van der Waals surface area contributed by atoms with E-state index in [0.29, 0.717) is 0 Å². The fourth-order valence-corrected chi connectivity index (χ4v) is 8.12. The zero-order chi connectivity index (χ0) is 34.3. The Balaban J connectivity index is 0.968. The Morgan fingerprint density at radius 2 is 0.760 bits per heavy atom. The monoisotopic (exact) mass is 652 g/mol. The molecule has 6 aromatic carbocycles. The van der Waals surface area contributed by atoms with Crippen LogP contribution in [0.2, 0.25) is 0 Å². The topological polar surface area (TPSA) is 58.2 Å². The summed E-state index contributed by atoms with van der Waals surface area (Å²) in [5.41, 5.74) is 9.88. The molecule has 2 aliphatic rings. The van der Waals surface area contributed by atoms with Crippen LogP contribution in [0.15, 0.2) is 158 Å². The van der Waals surface area contributed by atoms with Gasteiger partial charge in [0.1, 0.15) is 0 Å². The Hall–Kier alpha value is -5.74. The lowest BCUT2D eigenvalue weighted by atomic mass is 9.85. The Morgan fingerprint density at radius 1 is 0.460 bits per heavy atom. The van der Waals surface area contributed by atoms with Crippen molar-refractivity contribution in [2.45, 2.75) is 37.5 Å². The van der Waals surface area contributed by atoms with E-state index in [1.165, 1.54) is 22.3 Å². The number of rotatable bonds is 9. The van der Waals surface area contributed by atoms with Crippen LogP contribution >= 0.6 is 0 Å². The molecular weight excluding hydrogens is 613 g/mol. The van der Waals surface area contributed by atoms with Crippen LogP contribution < -0.4 is 10.6 Å². The highest BCUT2D eigenvalue weighted by Gasteiger charge is 2.61. The predicted molar refractivity (Wildman–Crippen MR) is 202 cm³/mol. The van der Waals surface area contributed by atoms with E-state index < -0.39 is 0 Å². The normalized spacial score (nSPS) is 18.1.